The molecule has 25 heavy (non-hydrogen) atoms. The van der Waals surface area contributed by atoms with Crippen LogP contribution >= 0.6 is 34.5 Å². The Hall–Kier alpha value is -0.560. The van der Waals surface area contributed by atoms with Crippen molar-refractivity contribution in [1.82, 2.24) is 4.90 Å². The van der Waals surface area contributed by atoms with Gasteiger partial charge in [0, 0.05) is 10.9 Å². The van der Waals surface area contributed by atoms with E-state index >= 15 is 0 Å². The molecule has 0 spiro atoms. The summed E-state index contributed by atoms with van der Waals surface area (Å²) < 4.78 is 24.0. The zero-order valence-electron chi connectivity index (χ0n) is 14.1. The highest BCUT2D eigenvalue weighted by Crippen LogP contribution is 2.60. The number of sulfone groups is 1. The van der Waals surface area contributed by atoms with Gasteiger partial charge < -0.3 is 4.90 Å². The van der Waals surface area contributed by atoms with Crippen molar-refractivity contribution in [1.29, 1.82) is 0 Å². The van der Waals surface area contributed by atoms with E-state index in [1.807, 2.05) is 31.4 Å². The van der Waals surface area contributed by atoms with Gasteiger partial charge in [-0.1, -0.05) is 43.1 Å². The highest BCUT2D eigenvalue weighted by Gasteiger charge is 2.62. The maximum Gasteiger partial charge on any atom is 0.227 e. The van der Waals surface area contributed by atoms with Gasteiger partial charge in [0.15, 0.2) is 9.84 Å². The molecular formula is C17H21Cl2NO3S2. The lowest BCUT2D eigenvalue weighted by molar-refractivity contribution is -0.136. The second kappa shape index (κ2) is 6.87. The zero-order valence-corrected chi connectivity index (χ0v) is 17.3. The second-order valence-electron chi connectivity index (χ2n) is 7.38. The first kappa shape index (κ1) is 19.2. The van der Waals surface area contributed by atoms with Gasteiger partial charge in [0.2, 0.25) is 5.91 Å². The number of allylic oxidation sites excluding steroid dienone is 1. The molecular weight excluding hydrogens is 401 g/mol. The van der Waals surface area contributed by atoms with Crippen LogP contribution in [0.4, 0.5) is 0 Å². The van der Waals surface area contributed by atoms with Crippen LogP contribution < -0.4 is 0 Å². The molecule has 2 fully saturated rings. The second-order valence-corrected chi connectivity index (χ2v) is 11.7. The van der Waals surface area contributed by atoms with E-state index in [0.29, 0.717) is 13.0 Å². The highest BCUT2D eigenvalue weighted by atomic mass is 35.5. The van der Waals surface area contributed by atoms with Crippen LogP contribution in [-0.2, 0) is 21.2 Å². The van der Waals surface area contributed by atoms with E-state index in [0.717, 1.165) is 4.88 Å². The van der Waals surface area contributed by atoms with Crippen LogP contribution in [0.15, 0.2) is 28.1 Å². The predicted octanol–water partition coefficient (Wildman–Crippen LogP) is 3.86. The Balaban J connectivity index is 1.84. The molecule has 8 heteroatoms. The van der Waals surface area contributed by atoms with Crippen molar-refractivity contribution in [3.05, 3.63) is 33.0 Å². The minimum absolute atomic E-state index is 0.00340. The molecule has 1 saturated carbocycles. The van der Waals surface area contributed by atoms with Gasteiger partial charge >= 0.3 is 0 Å². The van der Waals surface area contributed by atoms with Gasteiger partial charge in [-0.2, -0.15) is 0 Å². The fourth-order valence-electron chi connectivity index (χ4n) is 3.75. The summed E-state index contributed by atoms with van der Waals surface area (Å²) in [6, 6.07) is 3.65. The third kappa shape index (κ3) is 4.07. The first-order valence-corrected chi connectivity index (χ1v) is 11.6. The molecule has 0 bridgehead atoms. The van der Waals surface area contributed by atoms with Crippen molar-refractivity contribution in [2.75, 3.05) is 11.5 Å². The molecule has 3 atom stereocenters. The van der Waals surface area contributed by atoms with Gasteiger partial charge in [-0.15, -0.1) is 11.3 Å². The summed E-state index contributed by atoms with van der Waals surface area (Å²) >= 11 is 13.2. The molecule has 1 aliphatic heterocycles. The van der Waals surface area contributed by atoms with Gasteiger partial charge in [-0.05, 0) is 35.3 Å². The van der Waals surface area contributed by atoms with E-state index in [9.17, 15) is 13.2 Å². The fraction of sp³-hybridized carbons (Fsp3) is 0.588. The molecule has 1 saturated heterocycles. The van der Waals surface area contributed by atoms with Crippen LogP contribution in [0.1, 0.15) is 25.1 Å². The van der Waals surface area contributed by atoms with E-state index in [1.54, 1.807) is 22.3 Å². The Kier molecular flexibility index (Phi) is 5.28. The molecule has 0 aromatic carbocycles. The van der Waals surface area contributed by atoms with Gasteiger partial charge in [-0.25, -0.2) is 8.42 Å². The lowest BCUT2D eigenvalue weighted by Gasteiger charge is -2.28. The number of carbonyl (C=O) groups excluding carboxylic acids is 1. The molecule has 1 aliphatic carbocycles. The molecule has 1 aromatic heterocycles. The van der Waals surface area contributed by atoms with Crippen LogP contribution in [-0.4, -0.2) is 36.8 Å². The lowest BCUT2D eigenvalue weighted by atomic mass is 10.1. The summed E-state index contributed by atoms with van der Waals surface area (Å²) in [6.07, 6.45) is 2.23. The summed E-state index contributed by atoms with van der Waals surface area (Å²) in [5.74, 6) is -0.0430. The van der Waals surface area contributed by atoms with Crippen molar-refractivity contribution in [3.63, 3.8) is 0 Å². The fourth-order valence-corrected chi connectivity index (χ4v) is 6.46. The minimum Gasteiger partial charge on any atom is -0.333 e. The van der Waals surface area contributed by atoms with Crippen LogP contribution in [0.5, 0.6) is 0 Å². The average Bonchev–Trinajstić information content (AvgIpc) is 2.93. The van der Waals surface area contributed by atoms with Crippen LogP contribution in [0.3, 0.4) is 0 Å². The molecule has 1 aromatic rings. The molecule has 2 aliphatic rings. The van der Waals surface area contributed by atoms with Crippen molar-refractivity contribution < 1.29 is 13.2 Å². The molecule has 0 N–H and O–H groups in total. The largest absolute Gasteiger partial charge is 0.333 e. The maximum atomic E-state index is 13.3. The highest BCUT2D eigenvalue weighted by molar-refractivity contribution is 7.91. The molecule has 0 radical (unpaired) electrons. The minimum atomic E-state index is -3.06. The maximum absolute atomic E-state index is 13.3. The Bertz CT molecular complexity index is 783. The number of hydrogen-bond donors (Lipinski definition) is 0. The van der Waals surface area contributed by atoms with Crippen LogP contribution in [0.2, 0.25) is 0 Å². The third-order valence-electron chi connectivity index (χ3n) is 5.32. The molecule has 138 valence electrons. The van der Waals surface area contributed by atoms with Gasteiger partial charge in [0.1, 0.15) is 4.49 Å². The summed E-state index contributed by atoms with van der Waals surface area (Å²) in [5, 5.41) is 1.96. The Labute approximate surface area is 162 Å². The normalized spacial score (nSPS) is 29.2. The quantitative estimate of drug-likeness (QED) is 0.724. The van der Waals surface area contributed by atoms with E-state index in [4.69, 9.17) is 23.2 Å². The standard InChI is InChI=1S/C17H21Cl2NO3S2/c1-17(2)13(8-14(18)19)15(17)16(21)20(9-12-4-3-6-24-12)11-5-7-25(22,23)10-11/h3-4,6,8,11,13,15H,5,7,9-10H2,1-2H3/t11-,13+,15+/m1/s1. The summed E-state index contributed by atoms with van der Waals surface area (Å²) in [4.78, 5) is 16.1. The SMILES string of the molecule is CC1(C)[C@H](C(=O)N(Cc2cccs2)[C@@H]2CCS(=O)(=O)C2)[C@@H]1C=C(Cl)Cl. The topological polar surface area (TPSA) is 54.5 Å². The van der Waals surface area contributed by atoms with E-state index in [-0.39, 0.29) is 45.2 Å². The number of amides is 1. The first-order valence-electron chi connectivity index (χ1n) is 8.18. The van der Waals surface area contributed by atoms with E-state index < -0.39 is 9.84 Å². The van der Waals surface area contributed by atoms with Crippen LogP contribution in [0.25, 0.3) is 0 Å². The molecule has 3 rings (SSSR count). The molecule has 0 unspecified atom stereocenters. The number of nitrogens with zero attached hydrogens (tertiary/aromatic N) is 1. The zero-order chi connectivity index (χ0) is 18.4. The Morgan fingerprint density at radius 3 is 2.68 bits per heavy atom. The molecule has 2 heterocycles. The van der Waals surface area contributed by atoms with Crippen molar-refractivity contribution in [3.8, 4) is 0 Å². The van der Waals surface area contributed by atoms with Gasteiger partial charge in [-0.3, -0.25) is 4.79 Å². The number of rotatable bonds is 5. The Morgan fingerprint density at radius 1 is 1.44 bits per heavy atom. The number of halogens is 2. The van der Waals surface area contributed by atoms with Crippen LogP contribution in [0, 0.1) is 17.3 Å². The van der Waals surface area contributed by atoms with Crippen molar-refractivity contribution >= 4 is 50.3 Å². The van der Waals surface area contributed by atoms with Gasteiger partial charge in [0.05, 0.1) is 24.0 Å². The summed E-state index contributed by atoms with van der Waals surface area (Å²) in [7, 11) is -3.06. The smallest absolute Gasteiger partial charge is 0.227 e. The average molecular weight is 422 g/mol. The first-order chi connectivity index (χ1) is 11.6. The molecule has 4 nitrogen and oxygen atoms in total. The Morgan fingerprint density at radius 2 is 2.16 bits per heavy atom. The lowest BCUT2D eigenvalue weighted by Crippen LogP contribution is -2.42. The predicted molar refractivity (Wildman–Crippen MR) is 102 cm³/mol. The van der Waals surface area contributed by atoms with E-state index in [2.05, 4.69) is 0 Å². The monoisotopic (exact) mass is 421 g/mol. The third-order valence-corrected chi connectivity index (χ3v) is 8.18. The number of hydrogen-bond acceptors (Lipinski definition) is 4. The number of carbonyl (C=O) groups is 1. The van der Waals surface area contributed by atoms with Crippen molar-refractivity contribution in [2.24, 2.45) is 17.3 Å². The summed E-state index contributed by atoms with van der Waals surface area (Å²) in [6.45, 7) is 4.48. The number of thiophene rings is 1. The van der Waals surface area contributed by atoms with E-state index in [1.165, 1.54) is 0 Å². The molecule has 1 amide bonds. The van der Waals surface area contributed by atoms with Gasteiger partial charge in [0.25, 0.3) is 0 Å². The van der Waals surface area contributed by atoms with Crippen molar-refractivity contribution in [2.45, 2.75) is 32.9 Å². The summed E-state index contributed by atoms with van der Waals surface area (Å²) in [5.41, 5.74) is -0.225.